The lowest BCUT2D eigenvalue weighted by Gasteiger charge is -2.07. The summed E-state index contributed by atoms with van der Waals surface area (Å²) >= 11 is 0. The molecule has 25 heavy (non-hydrogen) atoms. The summed E-state index contributed by atoms with van der Waals surface area (Å²) in [7, 11) is 0. The zero-order valence-electron chi connectivity index (χ0n) is 14.5. The first-order chi connectivity index (χ1) is 12.2. The Morgan fingerprint density at radius 1 is 0.960 bits per heavy atom. The molecule has 0 saturated heterocycles. The third-order valence-corrected chi connectivity index (χ3v) is 4.73. The molecule has 2 heterocycles. The van der Waals surface area contributed by atoms with Crippen LogP contribution in [-0.4, -0.2) is 15.8 Å². The number of hydrogen-bond acceptors (Lipinski definition) is 2. The summed E-state index contributed by atoms with van der Waals surface area (Å²) in [5.41, 5.74) is 6.72. The van der Waals surface area contributed by atoms with Gasteiger partial charge in [-0.05, 0) is 54.8 Å². The zero-order chi connectivity index (χ0) is 17.4. The third-order valence-electron chi connectivity index (χ3n) is 4.73. The largest absolute Gasteiger partial charge is 0.333 e. The average Bonchev–Trinajstić information content (AvgIpc) is 2.95. The van der Waals surface area contributed by atoms with Crippen LogP contribution in [0.2, 0.25) is 0 Å². The maximum atomic E-state index is 11.1. The van der Waals surface area contributed by atoms with Crippen molar-refractivity contribution < 1.29 is 4.79 Å². The van der Waals surface area contributed by atoms with Crippen molar-refractivity contribution in [1.82, 2.24) is 9.55 Å². The molecule has 4 aromatic rings. The molecule has 0 bridgehead atoms. The van der Waals surface area contributed by atoms with Gasteiger partial charge in [-0.1, -0.05) is 31.2 Å². The second-order valence-electron chi connectivity index (χ2n) is 6.37. The molecule has 0 atom stereocenters. The molecule has 3 heteroatoms. The predicted octanol–water partition coefficient (Wildman–Crippen LogP) is 4.93. The Hall–Kier alpha value is -2.94. The summed E-state index contributed by atoms with van der Waals surface area (Å²) < 4.78 is 2.08. The number of hydrogen-bond donors (Lipinski definition) is 0. The molecule has 0 radical (unpaired) electrons. The van der Waals surface area contributed by atoms with Crippen LogP contribution in [0.15, 0.2) is 54.6 Å². The van der Waals surface area contributed by atoms with E-state index in [4.69, 9.17) is 0 Å². The standard InChI is InChI=1S/C22H20N2O/c1-3-18-13-17(12-15(2)23-18)16-8-9-22-20(14-16)19-6-4-5-7-21(19)24(22)10-11-25/h4-9,11-14H,3,10H2,1-2H3. The van der Waals surface area contributed by atoms with Crippen LogP contribution in [0.1, 0.15) is 18.3 Å². The van der Waals surface area contributed by atoms with Crippen molar-refractivity contribution in [2.24, 2.45) is 0 Å². The molecule has 0 saturated carbocycles. The Bertz CT molecular complexity index is 1090. The summed E-state index contributed by atoms with van der Waals surface area (Å²) in [6, 6.07) is 19.0. The molecule has 124 valence electrons. The summed E-state index contributed by atoms with van der Waals surface area (Å²) in [6.07, 6.45) is 1.88. The summed E-state index contributed by atoms with van der Waals surface area (Å²) in [6.45, 7) is 4.54. The van der Waals surface area contributed by atoms with Gasteiger partial charge in [0.05, 0.1) is 6.54 Å². The second-order valence-corrected chi connectivity index (χ2v) is 6.37. The van der Waals surface area contributed by atoms with Crippen LogP contribution in [0.4, 0.5) is 0 Å². The highest BCUT2D eigenvalue weighted by atomic mass is 16.1. The van der Waals surface area contributed by atoms with Gasteiger partial charge in [0.15, 0.2) is 0 Å². The van der Waals surface area contributed by atoms with Gasteiger partial charge in [-0.2, -0.15) is 0 Å². The van der Waals surface area contributed by atoms with Crippen molar-refractivity contribution in [3.63, 3.8) is 0 Å². The van der Waals surface area contributed by atoms with Crippen molar-refractivity contribution in [2.45, 2.75) is 26.8 Å². The number of rotatable bonds is 4. The second kappa shape index (κ2) is 6.17. The molecule has 0 fully saturated rings. The van der Waals surface area contributed by atoms with Gasteiger partial charge in [0.2, 0.25) is 0 Å². The van der Waals surface area contributed by atoms with Gasteiger partial charge in [-0.15, -0.1) is 0 Å². The van der Waals surface area contributed by atoms with Gasteiger partial charge in [0, 0.05) is 33.2 Å². The lowest BCUT2D eigenvalue weighted by molar-refractivity contribution is -0.108. The van der Waals surface area contributed by atoms with Crippen LogP contribution in [0.3, 0.4) is 0 Å². The fourth-order valence-electron chi connectivity index (χ4n) is 3.59. The number of nitrogens with zero attached hydrogens (tertiary/aromatic N) is 2. The first kappa shape index (κ1) is 15.6. The van der Waals surface area contributed by atoms with Crippen molar-refractivity contribution in [1.29, 1.82) is 0 Å². The molecule has 0 unspecified atom stereocenters. The van der Waals surface area contributed by atoms with Gasteiger partial charge >= 0.3 is 0 Å². The van der Waals surface area contributed by atoms with Gasteiger partial charge < -0.3 is 9.36 Å². The first-order valence-corrected chi connectivity index (χ1v) is 8.64. The molecule has 0 aliphatic carbocycles. The van der Waals surface area contributed by atoms with E-state index in [0.29, 0.717) is 6.54 Å². The highest BCUT2D eigenvalue weighted by Gasteiger charge is 2.11. The molecule has 0 aliphatic heterocycles. The summed E-state index contributed by atoms with van der Waals surface area (Å²) in [5.74, 6) is 0. The lowest BCUT2D eigenvalue weighted by atomic mass is 10.0. The van der Waals surface area contributed by atoms with E-state index in [1.54, 1.807) is 0 Å². The molecule has 0 amide bonds. The summed E-state index contributed by atoms with van der Waals surface area (Å²) in [5, 5.41) is 2.37. The van der Waals surface area contributed by atoms with Crippen molar-refractivity contribution in [3.05, 3.63) is 66.0 Å². The third kappa shape index (κ3) is 2.62. The van der Waals surface area contributed by atoms with E-state index in [0.717, 1.165) is 35.1 Å². The van der Waals surface area contributed by atoms with Gasteiger partial charge in [-0.3, -0.25) is 4.98 Å². The van der Waals surface area contributed by atoms with Gasteiger partial charge in [0.25, 0.3) is 0 Å². The molecule has 4 rings (SSSR count). The van der Waals surface area contributed by atoms with Crippen LogP contribution >= 0.6 is 0 Å². The Morgan fingerprint density at radius 2 is 1.76 bits per heavy atom. The Balaban J connectivity index is 1.98. The van der Waals surface area contributed by atoms with Crippen LogP contribution in [0.25, 0.3) is 32.9 Å². The first-order valence-electron chi connectivity index (χ1n) is 8.64. The smallest absolute Gasteiger partial charge is 0.139 e. The van der Waals surface area contributed by atoms with E-state index >= 15 is 0 Å². The van der Waals surface area contributed by atoms with E-state index in [2.05, 4.69) is 58.9 Å². The normalized spacial score (nSPS) is 11.3. The maximum Gasteiger partial charge on any atom is 0.139 e. The monoisotopic (exact) mass is 328 g/mol. The van der Waals surface area contributed by atoms with E-state index in [1.165, 1.54) is 21.9 Å². The number of benzene rings is 2. The fourth-order valence-corrected chi connectivity index (χ4v) is 3.59. The molecule has 2 aromatic heterocycles. The number of para-hydroxylation sites is 1. The van der Waals surface area contributed by atoms with Crippen molar-refractivity contribution in [2.75, 3.05) is 0 Å². The molecule has 2 aromatic carbocycles. The summed E-state index contributed by atoms with van der Waals surface area (Å²) in [4.78, 5) is 15.7. The number of aromatic nitrogens is 2. The van der Waals surface area contributed by atoms with Crippen LogP contribution in [0.5, 0.6) is 0 Å². The number of carbonyl (C=O) groups excluding carboxylic acids is 1. The molecular formula is C22H20N2O. The van der Waals surface area contributed by atoms with E-state index in [1.807, 2.05) is 19.1 Å². The minimum Gasteiger partial charge on any atom is -0.333 e. The minimum absolute atomic E-state index is 0.373. The predicted molar refractivity (Wildman–Crippen MR) is 103 cm³/mol. The minimum atomic E-state index is 0.373. The number of fused-ring (bicyclic) bond motifs is 3. The fraction of sp³-hybridized carbons (Fsp3) is 0.182. The van der Waals surface area contributed by atoms with Crippen LogP contribution in [-0.2, 0) is 17.8 Å². The molecule has 3 nitrogen and oxygen atoms in total. The highest BCUT2D eigenvalue weighted by Crippen LogP contribution is 2.32. The zero-order valence-corrected chi connectivity index (χ0v) is 14.5. The highest BCUT2D eigenvalue weighted by molar-refractivity contribution is 6.09. The SMILES string of the molecule is CCc1cc(-c2ccc3c(c2)c2ccccc2n3CC=O)cc(C)n1. The molecule has 0 aliphatic rings. The average molecular weight is 328 g/mol. The van der Waals surface area contributed by atoms with Gasteiger partial charge in [-0.25, -0.2) is 0 Å². The van der Waals surface area contributed by atoms with E-state index in [-0.39, 0.29) is 0 Å². The molecule has 0 spiro atoms. The Morgan fingerprint density at radius 3 is 2.56 bits per heavy atom. The topological polar surface area (TPSA) is 34.9 Å². The molecular weight excluding hydrogens is 308 g/mol. The number of carbonyl (C=O) groups is 1. The van der Waals surface area contributed by atoms with Crippen molar-refractivity contribution >= 4 is 28.1 Å². The van der Waals surface area contributed by atoms with Crippen molar-refractivity contribution in [3.8, 4) is 11.1 Å². The molecule has 0 N–H and O–H groups in total. The lowest BCUT2D eigenvalue weighted by Crippen LogP contribution is -1.97. The van der Waals surface area contributed by atoms with Crippen LogP contribution in [0, 0.1) is 6.92 Å². The Labute approximate surface area is 146 Å². The van der Waals surface area contributed by atoms with E-state index < -0.39 is 0 Å². The van der Waals surface area contributed by atoms with Crippen LogP contribution < -0.4 is 0 Å². The number of aryl methyl sites for hydroxylation is 2. The van der Waals surface area contributed by atoms with Gasteiger partial charge in [0.1, 0.15) is 6.29 Å². The quantitative estimate of drug-likeness (QED) is 0.498. The maximum absolute atomic E-state index is 11.1. The Kier molecular flexibility index (Phi) is 3.85. The number of pyridine rings is 1. The number of aldehydes is 1. The van der Waals surface area contributed by atoms with E-state index in [9.17, 15) is 4.79 Å².